The van der Waals surface area contributed by atoms with E-state index < -0.39 is 5.72 Å². The van der Waals surface area contributed by atoms with Gasteiger partial charge in [0.1, 0.15) is 0 Å². The van der Waals surface area contributed by atoms with E-state index >= 15 is 0 Å². The topological polar surface area (TPSA) is 90.9 Å². The number of fused-ring (bicyclic) bond motifs is 1. The molecule has 176 valence electrons. The van der Waals surface area contributed by atoms with Crippen LogP contribution in [0.2, 0.25) is 0 Å². The standard InChI is InChI=1S/C25H46N5O/c1-2-3-4-5-6-7-8-9-10-12-17-25(31)18-16-23-29(21-15-22-30(23)25)20-14-11-13-19-28-24(26)27/h2,16,18,31H,1,3-15,17,19-22H2,(H4,26,27,28)/q+1. The summed E-state index contributed by atoms with van der Waals surface area (Å²) in [6, 6.07) is 0. The molecule has 0 saturated carbocycles. The van der Waals surface area contributed by atoms with Crippen molar-refractivity contribution in [1.82, 2.24) is 4.90 Å². The molecule has 0 fully saturated rings. The summed E-state index contributed by atoms with van der Waals surface area (Å²) in [4.78, 5) is 6.28. The van der Waals surface area contributed by atoms with Crippen LogP contribution in [0.25, 0.3) is 0 Å². The molecule has 1 unspecified atom stereocenters. The maximum Gasteiger partial charge on any atom is 0.274 e. The lowest BCUT2D eigenvalue weighted by Crippen LogP contribution is -2.52. The Morgan fingerprint density at radius 3 is 2.45 bits per heavy atom. The number of nitrogens with two attached hydrogens (primary N) is 2. The first-order chi connectivity index (χ1) is 15.1. The molecule has 2 rings (SSSR count). The Hall–Kier alpha value is -1.82. The lowest BCUT2D eigenvalue weighted by molar-refractivity contribution is -0.539. The fraction of sp³-hybridized carbons (Fsp3) is 0.760. The van der Waals surface area contributed by atoms with E-state index in [1.807, 2.05) is 12.2 Å². The van der Waals surface area contributed by atoms with Crippen molar-refractivity contribution in [3.05, 3.63) is 24.8 Å². The molecule has 2 aliphatic heterocycles. The molecule has 2 heterocycles. The molecular formula is C25H46N5O+. The quantitative estimate of drug-likeness (QED) is 0.107. The zero-order chi connectivity index (χ0) is 22.4. The Balaban J connectivity index is 1.65. The van der Waals surface area contributed by atoms with Crippen molar-refractivity contribution in [2.45, 2.75) is 95.6 Å². The zero-order valence-corrected chi connectivity index (χ0v) is 19.6. The van der Waals surface area contributed by atoms with Gasteiger partial charge in [-0.1, -0.05) is 44.6 Å². The molecule has 5 N–H and O–H groups in total. The molecule has 0 spiro atoms. The van der Waals surface area contributed by atoms with Crippen LogP contribution < -0.4 is 11.5 Å². The SMILES string of the molecule is C=CCCCCCCCCCCC1(O)C=CC2=[N+](CCCCCN=C(N)N)CCCN21. The van der Waals surface area contributed by atoms with E-state index in [-0.39, 0.29) is 5.96 Å². The third-order valence-electron chi connectivity index (χ3n) is 6.46. The summed E-state index contributed by atoms with van der Waals surface area (Å²) in [6.45, 7) is 7.54. The number of hydrogen-bond donors (Lipinski definition) is 3. The Bertz CT molecular complexity index is 623. The smallest absolute Gasteiger partial charge is 0.274 e. The number of unbranched alkanes of at least 4 members (excludes halogenated alkanes) is 10. The lowest BCUT2D eigenvalue weighted by atomic mass is 10.0. The molecule has 0 radical (unpaired) electrons. The number of hydrogen-bond acceptors (Lipinski definition) is 3. The third-order valence-corrected chi connectivity index (χ3v) is 6.46. The summed E-state index contributed by atoms with van der Waals surface area (Å²) in [5.41, 5.74) is 9.95. The first-order valence-electron chi connectivity index (χ1n) is 12.5. The molecule has 1 atom stereocenters. The predicted molar refractivity (Wildman–Crippen MR) is 131 cm³/mol. The van der Waals surface area contributed by atoms with E-state index in [0.29, 0.717) is 6.54 Å². The maximum atomic E-state index is 11.3. The van der Waals surface area contributed by atoms with E-state index in [0.717, 1.165) is 64.6 Å². The molecule has 6 heteroatoms. The van der Waals surface area contributed by atoms with Gasteiger partial charge in [-0.05, 0) is 44.6 Å². The van der Waals surface area contributed by atoms with Gasteiger partial charge in [0.25, 0.3) is 5.84 Å². The number of rotatable bonds is 17. The highest BCUT2D eigenvalue weighted by Crippen LogP contribution is 2.30. The molecule has 0 bridgehead atoms. The van der Waals surface area contributed by atoms with Gasteiger partial charge < -0.3 is 16.6 Å². The fourth-order valence-electron chi connectivity index (χ4n) is 4.68. The Morgan fingerprint density at radius 2 is 1.74 bits per heavy atom. The number of nitrogens with zero attached hydrogens (tertiary/aromatic N) is 3. The normalized spacial score (nSPS) is 20.2. The largest absolute Gasteiger partial charge is 0.370 e. The van der Waals surface area contributed by atoms with Crippen molar-refractivity contribution in [1.29, 1.82) is 0 Å². The van der Waals surface area contributed by atoms with Gasteiger partial charge >= 0.3 is 0 Å². The van der Waals surface area contributed by atoms with Crippen molar-refractivity contribution in [2.24, 2.45) is 16.5 Å². The second-order valence-electron chi connectivity index (χ2n) is 9.09. The number of aliphatic imine (C=N–C) groups is 1. The summed E-state index contributed by atoms with van der Waals surface area (Å²) in [7, 11) is 0. The van der Waals surface area contributed by atoms with E-state index in [4.69, 9.17) is 11.5 Å². The zero-order valence-electron chi connectivity index (χ0n) is 19.6. The van der Waals surface area contributed by atoms with Crippen LogP contribution in [-0.4, -0.2) is 58.3 Å². The minimum atomic E-state index is -0.786. The summed E-state index contributed by atoms with van der Waals surface area (Å²) >= 11 is 0. The van der Waals surface area contributed by atoms with E-state index in [1.165, 1.54) is 50.8 Å². The minimum absolute atomic E-state index is 0.178. The van der Waals surface area contributed by atoms with Crippen molar-refractivity contribution < 1.29 is 9.68 Å². The lowest BCUT2D eigenvalue weighted by Gasteiger charge is -2.32. The predicted octanol–water partition coefficient (Wildman–Crippen LogP) is 3.89. The van der Waals surface area contributed by atoms with E-state index in [2.05, 4.69) is 27.1 Å². The second kappa shape index (κ2) is 14.3. The summed E-state index contributed by atoms with van der Waals surface area (Å²) in [6.07, 6.45) is 22.7. The van der Waals surface area contributed by atoms with Crippen LogP contribution in [-0.2, 0) is 0 Å². The molecule has 0 aromatic rings. The molecule has 6 nitrogen and oxygen atoms in total. The summed E-state index contributed by atoms with van der Waals surface area (Å²) in [5.74, 6) is 1.38. The van der Waals surface area contributed by atoms with E-state index in [9.17, 15) is 5.11 Å². The number of aliphatic hydroxyl groups is 1. The molecule has 0 aliphatic carbocycles. The van der Waals surface area contributed by atoms with Crippen LogP contribution in [0.5, 0.6) is 0 Å². The molecule has 2 aliphatic rings. The van der Waals surface area contributed by atoms with Gasteiger partial charge in [-0.25, -0.2) is 4.90 Å². The van der Waals surface area contributed by atoms with E-state index in [1.54, 1.807) is 0 Å². The number of guanidine groups is 1. The van der Waals surface area contributed by atoms with Crippen LogP contribution in [0.4, 0.5) is 0 Å². The van der Waals surface area contributed by atoms with Crippen LogP contribution in [0.1, 0.15) is 89.9 Å². The van der Waals surface area contributed by atoms with Crippen molar-refractivity contribution in [2.75, 3.05) is 26.2 Å². The van der Waals surface area contributed by atoms with Gasteiger partial charge in [-0.15, -0.1) is 6.58 Å². The molecular weight excluding hydrogens is 386 g/mol. The van der Waals surface area contributed by atoms with Gasteiger partial charge in [0, 0.05) is 25.5 Å². The highest BCUT2D eigenvalue weighted by atomic mass is 16.3. The number of amidine groups is 1. The van der Waals surface area contributed by atoms with Gasteiger partial charge in [-0.2, -0.15) is 0 Å². The highest BCUT2D eigenvalue weighted by Gasteiger charge is 2.46. The number of allylic oxidation sites excluding steroid dienone is 1. The van der Waals surface area contributed by atoms with Gasteiger partial charge in [-0.3, -0.25) is 9.57 Å². The molecule has 0 saturated heterocycles. The van der Waals surface area contributed by atoms with Crippen LogP contribution in [0.15, 0.2) is 29.8 Å². The van der Waals surface area contributed by atoms with Crippen LogP contribution in [0, 0.1) is 0 Å². The average Bonchev–Trinajstić information content (AvgIpc) is 3.09. The monoisotopic (exact) mass is 432 g/mol. The fourth-order valence-corrected chi connectivity index (χ4v) is 4.68. The average molecular weight is 433 g/mol. The van der Waals surface area contributed by atoms with Gasteiger partial charge in [0.2, 0.25) is 5.72 Å². The molecule has 0 aromatic carbocycles. The van der Waals surface area contributed by atoms with Gasteiger partial charge in [0.15, 0.2) is 5.96 Å². The first-order valence-corrected chi connectivity index (χ1v) is 12.5. The minimum Gasteiger partial charge on any atom is -0.370 e. The summed E-state index contributed by atoms with van der Waals surface area (Å²) < 4.78 is 2.44. The Labute approximate surface area is 189 Å². The molecule has 0 aromatic heterocycles. The van der Waals surface area contributed by atoms with Crippen molar-refractivity contribution >= 4 is 11.8 Å². The molecule has 31 heavy (non-hydrogen) atoms. The molecule has 0 amide bonds. The second-order valence-corrected chi connectivity index (χ2v) is 9.09. The van der Waals surface area contributed by atoms with Crippen LogP contribution >= 0.6 is 0 Å². The maximum absolute atomic E-state index is 11.3. The third kappa shape index (κ3) is 9.06. The first kappa shape index (κ1) is 25.4. The Morgan fingerprint density at radius 1 is 1.06 bits per heavy atom. The highest BCUT2D eigenvalue weighted by molar-refractivity contribution is 5.92. The van der Waals surface area contributed by atoms with Gasteiger partial charge in [0.05, 0.1) is 19.6 Å². The summed E-state index contributed by atoms with van der Waals surface area (Å²) in [5, 5.41) is 11.3. The Kier molecular flexibility index (Phi) is 11.7. The van der Waals surface area contributed by atoms with Crippen LogP contribution in [0.3, 0.4) is 0 Å². The van der Waals surface area contributed by atoms with Crippen molar-refractivity contribution in [3.63, 3.8) is 0 Å². The van der Waals surface area contributed by atoms with Crippen molar-refractivity contribution in [3.8, 4) is 0 Å².